The van der Waals surface area contributed by atoms with Crippen LogP contribution >= 0.6 is 0 Å². The molecule has 1 aliphatic heterocycles. The summed E-state index contributed by atoms with van der Waals surface area (Å²) in [6.45, 7) is 0.577. The van der Waals surface area contributed by atoms with Crippen molar-refractivity contribution in [3.05, 3.63) is 24.3 Å². The van der Waals surface area contributed by atoms with Gasteiger partial charge in [0, 0.05) is 17.9 Å². The summed E-state index contributed by atoms with van der Waals surface area (Å²) in [4.78, 5) is 47.9. The highest BCUT2D eigenvalue weighted by atomic mass is 19.3. The first-order valence-corrected chi connectivity index (χ1v) is 8.09. The quantitative estimate of drug-likeness (QED) is 0.418. The number of primary amides is 1. The molecule has 158 valence electrons. The number of ether oxygens (including phenoxy) is 1. The summed E-state index contributed by atoms with van der Waals surface area (Å²) in [5.41, 5.74) is 5.46. The molecule has 4 amide bonds. The van der Waals surface area contributed by atoms with Crippen molar-refractivity contribution in [2.45, 2.75) is 18.4 Å². The number of alkyl halides is 4. The molecule has 2 rings (SSSR count). The number of carbonyl (C=O) groups excluding carboxylic acids is 4. The van der Waals surface area contributed by atoms with Crippen LogP contribution in [-0.4, -0.2) is 61.8 Å². The van der Waals surface area contributed by atoms with E-state index in [-0.39, 0.29) is 18.2 Å². The number of nitrogens with zero attached hydrogens (tertiary/aromatic N) is 1. The number of carbonyl (C=O) groups is 4. The third-order valence-electron chi connectivity index (χ3n) is 3.83. The molecule has 0 spiro atoms. The van der Waals surface area contributed by atoms with Crippen molar-refractivity contribution in [1.82, 2.24) is 5.32 Å². The van der Waals surface area contributed by atoms with E-state index in [4.69, 9.17) is 10.5 Å². The van der Waals surface area contributed by atoms with Crippen molar-refractivity contribution < 1.29 is 41.5 Å². The summed E-state index contributed by atoms with van der Waals surface area (Å²) < 4.78 is 55.5. The molecule has 1 aromatic rings. The minimum atomic E-state index is -5.11. The van der Waals surface area contributed by atoms with E-state index in [1.54, 1.807) is 0 Å². The van der Waals surface area contributed by atoms with Crippen LogP contribution in [0.5, 0.6) is 0 Å². The molecule has 1 saturated heterocycles. The van der Waals surface area contributed by atoms with Gasteiger partial charge >= 0.3 is 12.3 Å². The average Bonchev–Trinajstić information content (AvgIpc) is 2.66. The SMILES string of the molecule is NC(=O)[C@@H](NC(=O)C(F)(F)C(F)F)C(=O)Nc1ccc(N2CCOCC2=O)cc1. The van der Waals surface area contributed by atoms with Crippen LogP contribution in [0.1, 0.15) is 0 Å². The lowest BCUT2D eigenvalue weighted by Crippen LogP contribution is -2.57. The van der Waals surface area contributed by atoms with Crippen LogP contribution in [0.25, 0.3) is 0 Å². The lowest BCUT2D eigenvalue weighted by molar-refractivity contribution is -0.171. The van der Waals surface area contributed by atoms with Crippen LogP contribution in [-0.2, 0) is 23.9 Å². The van der Waals surface area contributed by atoms with Crippen molar-refractivity contribution in [3.63, 3.8) is 0 Å². The number of halogens is 4. The predicted octanol–water partition coefficient (Wildman–Crippen LogP) is -0.141. The predicted molar refractivity (Wildman–Crippen MR) is 90.3 cm³/mol. The Hall–Kier alpha value is -3.22. The second kappa shape index (κ2) is 8.86. The number of morpholine rings is 1. The number of anilines is 2. The highest BCUT2D eigenvalue weighted by Gasteiger charge is 2.50. The van der Waals surface area contributed by atoms with Gasteiger partial charge in [0.15, 0.2) is 6.04 Å². The maximum atomic E-state index is 13.0. The van der Waals surface area contributed by atoms with E-state index in [1.807, 2.05) is 0 Å². The summed E-state index contributed by atoms with van der Waals surface area (Å²) in [5.74, 6) is -10.7. The Morgan fingerprint density at radius 3 is 2.31 bits per heavy atom. The van der Waals surface area contributed by atoms with E-state index in [0.717, 1.165) is 0 Å². The number of amides is 4. The van der Waals surface area contributed by atoms with E-state index < -0.39 is 36.1 Å². The van der Waals surface area contributed by atoms with Gasteiger partial charge in [-0.2, -0.15) is 8.78 Å². The van der Waals surface area contributed by atoms with E-state index in [1.165, 1.54) is 34.5 Å². The van der Waals surface area contributed by atoms with Gasteiger partial charge in [-0.1, -0.05) is 0 Å². The van der Waals surface area contributed by atoms with Crippen molar-refractivity contribution in [2.24, 2.45) is 5.73 Å². The van der Waals surface area contributed by atoms with Crippen LogP contribution in [0.4, 0.5) is 28.9 Å². The van der Waals surface area contributed by atoms with Crippen molar-refractivity contribution >= 4 is 35.0 Å². The summed E-state index contributed by atoms with van der Waals surface area (Å²) >= 11 is 0. The molecule has 1 aliphatic rings. The fourth-order valence-electron chi connectivity index (χ4n) is 2.32. The molecule has 0 unspecified atom stereocenters. The smallest absolute Gasteiger partial charge is 0.370 e. The fraction of sp³-hybridized carbons (Fsp3) is 0.375. The molecule has 13 heteroatoms. The number of nitrogens with one attached hydrogen (secondary N) is 2. The molecule has 0 bridgehead atoms. The van der Waals surface area contributed by atoms with Gasteiger partial charge in [-0.3, -0.25) is 19.2 Å². The zero-order chi connectivity index (χ0) is 21.8. The van der Waals surface area contributed by atoms with Gasteiger partial charge in [-0.15, -0.1) is 0 Å². The van der Waals surface area contributed by atoms with Gasteiger partial charge in [-0.25, -0.2) is 8.78 Å². The van der Waals surface area contributed by atoms with Crippen LogP contribution in [0.15, 0.2) is 24.3 Å². The molecule has 29 heavy (non-hydrogen) atoms. The van der Waals surface area contributed by atoms with E-state index >= 15 is 0 Å². The van der Waals surface area contributed by atoms with Crippen LogP contribution in [0, 0.1) is 0 Å². The van der Waals surface area contributed by atoms with Gasteiger partial charge in [-0.05, 0) is 24.3 Å². The van der Waals surface area contributed by atoms with Gasteiger partial charge in [0.25, 0.3) is 17.7 Å². The largest absolute Gasteiger partial charge is 0.383 e. The molecule has 0 saturated carbocycles. The lowest BCUT2D eigenvalue weighted by atomic mass is 10.2. The average molecular weight is 420 g/mol. The number of hydrogen-bond donors (Lipinski definition) is 3. The summed E-state index contributed by atoms with van der Waals surface area (Å²) in [6, 6.07) is 3.28. The first kappa shape index (κ1) is 22.1. The lowest BCUT2D eigenvalue weighted by Gasteiger charge is -2.27. The molecule has 0 aliphatic carbocycles. The van der Waals surface area contributed by atoms with E-state index in [2.05, 4.69) is 5.32 Å². The number of rotatable bonds is 7. The highest BCUT2D eigenvalue weighted by Crippen LogP contribution is 2.23. The number of nitrogens with two attached hydrogens (primary N) is 1. The summed E-state index contributed by atoms with van der Waals surface area (Å²) in [7, 11) is 0. The van der Waals surface area contributed by atoms with Crippen LogP contribution in [0.3, 0.4) is 0 Å². The molecule has 0 radical (unpaired) electrons. The Kier molecular flexibility index (Phi) is 6.74. The second-order valence-corrected chi connectivity index (χ2v) is 5.87. The molecular weight excluding hydrogens is 404 g/mol. The van der Waals surface area contributed by atoms with Crippen molar-refractivity contribution in [1.29, 1.82) is 0 Å². The van der Waals surface area contributed by atoms with E-state index in [0.29, 0.717) is 18.8 Å². The number of benzene rings is 1. The highest BCUT2D eigenvalue weighted by molar-refractivity contribution is 6.12. The minimum absolute atomic E-state index is 0.0700. The van der Waals surface area contributed by atoms with Crippen LogP contribution in [0.2, 0.25) is 0 Å². The normalized spacial score (nSPS) is 15.8. The molecule has 0 aromatic heterocycles. The maximum Gasteiger partial charge on any atom is 0.383 e. The monoisotopic (exact) mass is 420 g/mol. The molecule has 1 heterocycles. The fourth-order valence-corrected chi connectivity index (χ4v) is 2.32. The van der Waals surface area contributed by atoms with E-state index in [9.17, 15) is 36.7 Å². The van der Waals surface area contributed by atoms with Gasteiger partial charge in [0.05, 0.1) is 6.61 Å². The minimum Gasteiger partial charge on any atom is -0.370 e. The Labute approximate surface area is 161 Å². The summed E-state index contributed by atoms with van der Waals surface area (Å²) in [5, 5.41) is 3.34. The number of hydrogen-bond acceptors (Lipinski definition) is 5. The third kappa shape index (κ3) is 5.19. The molecule has 1 fully saturated rings. The molecule has 1 atom stereocenters. The Morgan fingerprint density at radius 1 is 1.17 bits per heavy atom. The first-order chi connectivity index (χ1) is 13.5. The topological polar surface area (TPSA) is 131 Å². The van der Waals surface area contributed by atoms with Gasteiger partial charge in [0.1, 0.15) is 6.61 Å². The zero-order valence-electron chi connectivity index (χ0n) is 14.7. The molecular formula is C16H16F4N4O5. The van der Waals surface area contributed by atoms with Crippen molar-refractivity contribution in [3.8, 4) is 0 Å². The standard InChI is InChI=1S/C16H16F4N4O5/c17-14(18)16(19,20)15(28)23-11(12(21)26)13(27)22-8-1-3-9(4-2-8)24-5-6-29-7-10(24)25/h1-4,11,14H,5-7H2,(H2,21,26)(H,22,27)(H,23,28)/t11-/m1/s1. The zero-order valence-corrected chi connectivity index (χ0v) is 14.7. The Balaban J connectivity index is 2.07. The molecule has 4 N–H and O–H groups in total. The molecule has 9 nitrogen and oxygen atoms in total. The van der Waals surface area contributed by atoms with Gasteiger partial charge < -0.3 is 26.0 Å². The second-order valence-electron chi connectivity index (χ2n) is 5.87. The Bertz CT molecular complexity index is 803. The van der Waals surface area contributed by atoms with Crippen LogP contribution < -0.4 is 21.3 Å². The van der Waals surface area contributed by atoms with Crippen molar-refractivity contribution in [2.75, 3.05) is 30.0 Å². The van der Waals surface area contributed by atoms with Gasteiger partial charge in [0.2, 0.25) is 5.91 Å². The molecule has 1 aromatic carbocycles. The third-order valence-corrected chi connectivity index (χ3v) is 3.83. The Morgan fingerprint density at radius 2 is 1.79 bits per heavy atom. The summed E-state index contributed by atoms with van der Waals surface area (Å²) in [6.07, 6.45) is -4.34. The maximum absolute atomic E-state index is 13.0. The first-order valence-electron chi connectivity index (χ1n) is 8.09.